The van der Waals surface area contributed by atoms with E-state index >= 15 is 0 Å². The van der Waals surface area contributed by atoms with Gasteiger partial charge in [0.25, 0.3) is 0 Å². The van der Waals surface area contributed by atoms with Crippen molar-refractivity contribution >= 4 is 0 Å². The summed E-state index contributed by atoms with van der Waals surface area (Å²) in [4.78, 5) is 0. The highest BCUT2D eigenvalue weighted by Gasteiger charge is 2.46. The van der Waals surface area contributed by atoms with Crippen LogP contribution in [-0.4, -0.2) is 47.5 Å². The normalized spacial score (nSPS) is 23.5. The van der Waals surface area contributed by atoms with Crippen LogP contribution in [-0.2, 0) is 19.8 Å². The molecule has 0 aliphatic carbocycles. The van der Waals surface area contributed by atoms with Crippen molar-refractivity contribution < 1.29 is 24.4 Å². The van der Waals surface area contributed by atoms with E-state index in [0.29, 0.717) is 0 Å². The topological polar surface area (TPSA) is 68.2 Å². The highest BCUT2D eigenvalue weighted by Crippen LogP contribution is 2.41. The molecule has 4 atom stereocenters. The van der Waals surface area contributed by atoms with Crippen LogP contribution >= 0.6 is 0 Å². The Bertz CT molecular complexity index is 864. The number of aliphatic hydroxyl groups is 2. The van der Waals surface area contributed by atoms with E-state index in [2.05, 4.69) is 0 Å². The van der Waals surface area contributed by atoms with Gasteiger partial charge in [-0.3, -0.25) is 0 Å². The summed E-state index contributed by atoms with van der Waals surface area (Å²) in [5.41, 5.74) is 1.95. The lowest BCUT2D eigenvalue weighted by Crippen LogP contribution is -2.39. The SMILES string of the molecule is CC(C)O[C@@H]1O[C@H](COC(c2ccccc2)(c2ccccc2)c2ccccc2)[C@@H](O)[C@H]1O. The fourth-order valence-corrected chi connectivity index (χ4v) is 4.21. The minimum Gasteiger partial charge on any atom is -0.387 e. The van der Waals surface area contributed by atoms with E-state index in [0.717, 1.165) is 16.7 Å². The van der Waals surface area contributed by atoms with Crippen molar-refractivity contribution in [2.24, 2.45) is 0 Å². The molecule has 0 radical (unpaired) electrons. The van der Waals surface area contributed by atoms with Gasteiger partial charge in [-0.05, 0) is 30.5 Å². The first-order valence-corrected chi connectivity index (χ1v) is 11.0. The van der Waals surface area contributed by atoms with Crippen molar-refractivity contribution in [1.82, 2.24) is 0 Å². The molecule has 0 amide bonds. The van der Waals surface area contributed by atoms with Gasteiger partial charge >= 0.3 is 0 Å². The maximum absolute atomic E-state index is 10.6. The summed E-state index contributed by atoms with van der Waals surface area (Å²) in [6, 6.07) is 30.0. The number of hydrogen-bond acceptors (Lipinski definition) is 5. The fourth-order valence-electron chi connectivity index (χ4n) is 4.21. The highest BCUT2D eigenvalue weighted by atomic mass is 16.7. The fraction of sp³-hybridized carbons (Fsp3) is 0.333. The molecule has 1 heterocycles. The van der Waals surface area contributed by atoms with E-state index in [4.69, 9.17) is 14.2 Å². The monoisotopic (exact) mass is 434 g/mol. The largest absolute Gasteiger partial charge is 0.387 e. The first-order chi connectivity index (χ1) is 15.5. The Labute approximate surface area is 189 Å². The van der Waals surface area contributed by atoms with Crippen LogP contribution in [0.15, 0.2) is 91.0 Å². The summed E-state index contributed by atoms with van der Waals surface area (Å²) in [5, 5.41) is 21.0. The predicted molar refractivity (Wildman–Crippen MR) is 122 cm³/mol. The van der Waals surface area contributed by atoms with E-state index in [-0.39, 0.29) is 12.7 Å². The Morgan fingerprint density at radius 3 is 1.59 bits per heavy atom. The smallest absolute Gasteiger partial charge is 0.186 e. The third kappa shape index (κ3) is 4.49. The summed E-state index contributed by atoms with van der Waals surface area (Å²) in [5.74, 6) is 0. The molecule has 0 spiro atoms. The summed E-state index contributed by atoms with van der Waals surface area (Å²) in [6.45, 7) is 3.78. The van der Waals surface area contributed by atoms with E-state index < -0.39 is 30.2 Å². The minimum absolute atomic E-state index is 0.0643. The average molecular weight is 435 g/mol. The third-order valence-corrected chi connectivity index (χ3v) is 5.73. The Morgan fingerprint density at radius 1 is 0.750 bits per heavy atom. The van der Waals surface area contributed by atoms with Crippen molar-refractivity contribution in [3.63, 3.8) is 0 Å². The Balaban J connectivity index is 1.72. The van der Waals surface area contributed by atoms with Crippen LogP contribution in [0.1, 0.15) is 30.5 Å². The van der Waals surface area contributed by atoms with Crippen LogP contribution in [0.3, 0.4) is 0 Å². The van der Waals surface area contributed by atoms with Crippen LogP contribution in [0, 0.1) is 0 Å². The zero-order valence-electron chi connectivity index (χ0n) is 18.4. The van der Waals surface area contributed by atoms with Crippen molar-refractivity contribution in [1.29, 1.82) is 0 Å². The molecular formula is C27H30O5. The zero-order chi connectivity index (χ0) is 22.6. The average Bonchev–Trinajstić information content (AvgIpc) is 3.09. The van der Waals surface area contributed by atoms with Crippen LogP contribution in [0.2, 0.25) is 0 Å². The zero-order valence-corrected chi connectivity index (χ0v) is 18.4. The lowest BCUT2D eigenvalue weighted by Gasteiger charge is -2.37. The molecule has 3 aromatic rings. The van der Waals surface area contributed by atoms with Gasteiger partial charge in [-0.2, -0.15) is 0 Å². The van der Waals surface area contributed by atoms with Crippen LogP contribution in [0.25, 0.3) is 0 Å². The van der Waals surface area contributed by atoms with E-state index in [9.17, 15) is 10.2 Å². The van der Waals surface area contributed by atoms with Gasteiger partial charge in [-0.25, -0.2) is 0 Å². The molecule has 1 aliphatic rings. The molecule has 0 bridgehead atoms. The molecule has 32 heavy (non-hydrogen) atoms. The third-order valence-electron chi connectivity index (χ3n) is 5.73. The quantitative estimate of drug-likeness (QED) is 0.527. The van der Waals surface area contributed by atoms with E-state index in [1.165, 1.54) is 0 Å². The lowest BCUT2D eigenvalue weighted by atomic mass is 9.80. The van der Waals surface area contributed by atoms with Gasteiger partial charge in [0.1, 0.15) is 23.9 Å². The number of aliphatic hydroxyl groups excluding tert-OH is 2. The van der Waals surface area contributed by atoms with Gasteiger partial charge < -0.3 is 24.4 Å². The summed E-state index contributed by atoms with van der Waals surface area (Å²) in [6.07, 6.45) is -4.01. The first-order valence-electron chi connectivity index (χ1n) is 11.0. The van der Waals surface area contributed by atoms with Crippen molar-refractivity contribution in [3.05, 3.63) is 108 Å². The van der Waals surface area contributed by atoms with Crippen LogP contribution in [0.5, 0.6) is 0 Å². The van der Waals surface area contributed by atoms with Gasteiger partial charge in [-0.15, -0.1) is 0 Å². The standard InChI is InChI=1S/C27H30O5/c1-19(2)31-26-25(29)24(28)23(32-26)18-30-27(20-12-6-3-7-13-20,21-14-8-4-9-15-21)22-16-10-5-11-17-22/h3-17,19,23-26,28-29H,18H2,1-2H3/t23-,24-,25-,26-/m1/s1. The predicted octanol–water partition coefficient (Wildman–Crippen LogP) is 3.87. The molecule has 3 aromatic carbocycles. The Kier molecular flexibility index (Phi) is 7.04. The Morgan fingerprint density at radius 2 is 1.19 bits per heavy atom. The van der Waals surface area contributed by atoms with Crippen molar-refractivity contribution in [3.8, 4) is 0 Å². The van der Waals surface area contributed by atoms with Gasteiger partial charge in [0.15, 0.2) is 6.29 Å². The lowest BCUT2D eigenvalue weighted by molar-refractivity contribution is -0.192. The van der Waals surface area contributed by atoms with E-state index in [1.54, 1.807) is 0 Å². The summed E-state index contributed by atoms with van der Waals surface area (Å²) >= 11 is 0. The molecule has 0 saturated carbocycles. The number of hydrogen-bond donors (Lipinski definition) is 2. The molecule has 1 fully saturated rings. The molecular weight excluding hydrogens is 404 g/mol. The molecule has 1 aliphatic heterocycles. The maximum Gasteiger partial charge on any atom is 0.186 e. The van der Waals surface area contributed by atoms with Crippen molar-refractivity contribution in [2.75, 3.05) is 6.61 Å². The molecule has 2 N–H and O–H groups in total. The summed E-state index contributed by atoms with van der Waals surface area (Å²) < 4.78 is 18.2. The number of rotatable bonds is 8. The first kappa shape index (κ1) is 22.6. The van der Waals surface area contributed by atoms with Crippen LogP contribution in [0.4, 0.5) is 0 Å². The Hall–Kier alpha value is -2.54. The van der Waals surface area contributed by atoms with E-state index in [1.807, 2.05) is 105 Å². The van der Waals surface area contributed by atoms with Gasteiger partial charge in [0.05, 0.1) is 12.7 Å². The molecule has 168 valence electrons. The second-order valence-corrected chi connectivity index (χ2v) is 8.30. The molecule has 0 unspecified atom stereocenters. The second kappa shape index (κ2) is 9.94. The van der Waals surface area contributed by atoms with Gasteiger partial charge in [0.2, 0.25) is 0 Å². The minimum atomic E-state index is -1.13. The molecule has 1 saturated heterocycles. The second-order valence-electron chi connectivity index (χ2n) is 8.30. The number of ether oxygens (including phenoxy) is 3. The molecule has 4 rings (SSSR count). The maximum atomic E-state index is 10.6. The molecule has 5 heteroatoms. The van der Waals surface area contributed by atoms with Crippen molar-refractivity contribution in [2.45, 2.75) is 50.2 Å². The molecule has 0 aromatic heterocycles. The molecule has 5 nitrogen and oxygen atoms in total. The summed E-state index contributed by atoms with van der Waals surface area (Å²) in [7, 11) is 0. The number of benzene rings is 3. The van der Waals surface area contributed by atoms with Crippen LogP contribution < -0.4 is 0 Å². The van der Waals surface area contributed by atoms with Gasteiger partial charge in [0, 0.05) is 0 Å². The van der Waals surface area contributed by atoms with Gasteiger partial charge in [-0.1, -0.05) is 91.0 Å². The highest BCUT2D eigenvalue weighted by molar-refractivity contribution is 5.47.